The highest BCUT2D eigenvalue weighted by molar-refractivity contribution is 5.29. The number of ether oxygens (including phenoxy) is 1. The van der Waals surface area contributed by atoms with Crippen molar-refractivity contribution in [1.82, 2.24) is 0 Å². The zero-order chi connectivity index (χ0) is 20.3. The van der Waals surface area contributed by atoms with E-state index in [9.17, 15) is 4.39 Å². The minimum Gasteiger partial charge on any atom is -0.494 e. The highest BCUT2D eigenvalue weighted by atomic mass is 19.1. The number of hydrogen-bond acceptors (Lipinski definition) is 1. The average Bonchev–Trinajstić information content (AvgIpc) is 2.78. The van der Waals surface area contributed by atoms with E-state index in [1.807, 2.05) is 0 Å². The lowest BCUT2D eigenvalue weighted by atomic mass is 9.74. The van der Waals surface area contributed by atoms with E-state index in [1.54, 1.807) is 6.08 Å². The van der Waals surface area contributed by atoms with Crippen LogP contribution in [0.15, 0.2) is 36.7 Å². The van der Waals surface area contributed by atoms with Crippen LogP contribution >= 0.6 is 0 Å². The third kappa shape index (κ3) is 7.46. The molecule has 0 bridgehead atoms. The predicted molar refractivity (Wildman–Crippen MR) is 121 cm³/mol. The number of rotatable bonds is 10. The molecule has 0 radical (unpaired) electrons. The quantitative estimate of drug-likeness (QED) is 0.382. The van der Waals surface area contributed by atoms with Gasteiger partial charge in [0.15, 0.2) is 0 Å². The molecule has 162 valence electrons. The predicted octanol–water partition coefficient (Wildman–Crippen LogP) is 8.60. The fourth-order valence-corrected chi connectivity index (χ4v) is 5.52. The summed E-state index contributed by atoms with van der Waals surface area (Å²) in [6, 6.07) is 8.89. The van der Waals surface area contributed by atoms with Crippen molar-refractivity contribution in [3.63, 3.8) is 0 Å². The first-order valence-corrected chi connectivity index (χ1v) is 12.3. The zero-order valence-electron chi connectivity index (χ0n) is 18.5. The van der Waals surface area contributed by atoms with Gasteiger partial charge in [-0.15, -0.1) is 0 Å². The minimum absolute atomic E-state index is 0.706. The Bertz CT molecular complexity index is 577. The smallest absolute Gasteiger partial charge is 0.119 e. The van der Waals surface area contributed by atoms with Crippen LogP contribution < -0.4 is 4.74 Å². The van der Waals surface area contributed by atoms with Crippen LogP contribution in [0.25, 0.3) is 0 Å². The molecule has 0 heterocycles. The molecule has 0 unspecified atom stereocenters. The molecule has 2 aliphatic rings. The van der Waals surface area contributed by atoms with Crippen LogP contribution in [0.4, 0.5) is 4.39 Å². The Balaban J connectivity index is 1.31. The zero-order valence-corrected chi connectivity index (χ0v) is 18.5. The summed E-state index contributed by atoms with van der Waals surface area (Å²) in [5.74, 6) is 4.51. The second-order valence-electron chi connectivity index (χ2n) is 9.54. The molecule has 2 heteroatoms. The van der Waals surface area contributed by atoms with Crippen molar-refractivity contribution < 1.29 is 9.13 Å². The van der Waals surface area contributed by atoms with Crippen molar-refractivity contribution >= 4 is 0 Å². The number of allylic oxidation sites excluding steroid dienone is 1. The Kier molecular flexibility index (Phi) is 9.57. The van der Waals surface area contributed by atoms with Crippen LogP contribution in [-0.4, -0.2) is 6.61 Å². The van der Waals surface area contributed by atoms with Crippen LogP contribution in [0.3, 0.4) is 0 Å². The van der Waals surface area contributed by atoms with Gasteiger partial charge in [-0.05, 0) is 86.3 Å². The van der Waals surface area contributed by atoms with Gasteiger partial charge in [-0.3, -0.25) is 0 Å². The van der Waals surface area contributed by atoms with Crippen molar-refractivity contribution in [3.8, 4) is 5.75 Å². The molecule has 2 aliphatic carbocycles. The molecule has 0 N–H and O–H groups in total. The molecule has 2 fully saturated rings. The van der Waals surface area contributed by atoms with E-state index < -0.39 is 0 Å². The maximum Gasteiger partial charge on any atom is 0.119 e. The summed E-state index contributed by atoms with van der Waals surface area (Å²) in [4.78, 5) is 0. The van der Waals surface area contributed by atoms with E-state index in [-0.39, 0.29) is 0 Å². The second kappa shape index (κ2) is 12.4. The van der Waals surface area contributed by atoms with Gasteiger partial charge < -0.3 is 4.74 Å². The third-order valence-corrected chi connectivity index (χ3v) is 7.45. The topological polar surface area (TPSA) is 9.23 Å². The first kappa shape index (κ1) is 22.4. The van der Waals surface area contributed by atoms with Gasteiger partial charge in [-0.25, -0.2) is 4.39 Å². The molecular formula is C27H41FO. The maximum atomic E-state index is 12.1. The molecule has 0 atom stereocenters. The summed E-state index contributed by atoms with van der Waals surface area (Å²) in [5.41, 5.74) is 1.51. The Morgan fingerprint density at radius 1 is 0.828 bits per heavy atom. The highest BCUT2D eigenvalue weighted by Crippen LogP contribution is 2.40. The SMILES string of the molecule is CCCOc1ccc(C2CCC(CCC3CCC(CC/C=C/F)CC3)CC2)cc1. The second-order valence-corrected chi connectivity index (χ2v) is 9.54. The molecule has 1 aromatic carbocycles. The minimum atomic E-state index is 0.706. The monoisotopic (exact) mass is 400 g/mol. The third-order valence-electron chi connectivity index (χ3n) is 7.45. The molecular weight excluding hydrogens is 359 g/mol. The van der Waals surface area contributed by atoms with Crippen molar-refractivity contribution in [1.29, 1.82) is 0 Å². The lowest BCUT2D eigenvalue weighted by Gasteiger charge is -2.32. The van der Waals surface area contributed by atoms with E-state index in [1.165, 1.54) is 76.2 Å². The van der Waals surface area contributed by atoms with E-state index in [0.29, 0.717) is 6.33 Å². The molecule has 3 rings (SSSR count). The number of halogens is 1. The van der Waals surface area contributed by atoms with Crippen molar-refractivity contribution in [2.75, 3.05) is 6.61 Å². The summed E-state index contributed by atoms with van der Waals surface area (Å²) >= 11 is 0. The summed E-state index contributed by atoms with van der Waals surface area (Å²) in [6.45, 7) is 2.95. The van der Waals surface area contributed by atoms with E-state index in [0.717, 1.165) is 48.9 Å². The molecule has 1 aromatic rings. The lowest BCUT2D eigenvalue weighted by Crippen LogP contribution is -2.17. The summed E-state index contributed by atoms with van der Waals surface area (Å²) in [5, 5.41) is 0. The van der Waals surface area contributed by atoms with Crippen molar-refractivity contribution in [2.45, 2.75) is 96.3 Å². The lowest BCUT2D eigenvalue weighted by molar-refractivity contribution is 0.225. The Labute approximate surface area is 178 Å². The Morgan fingerprint density at radius 3 is 1.93 bits per heavy atom. The van der Waals surface area contributed by atoms with Gasteiger partial charge in [0.2, 0.25) is 0 Å². The van der Waals surface area contributed by atoms with Crippen LogP contribution in [0, 0.1) is 17.8 Å². The van der Waals surface area contributed by atoms with Crippen molar-refractivity contribution in [2.24, 2.45) is 17.8 Å². The highest BCUT2D eigenvalue weighted by Gasteiger charge is 2.25. The van der Waals surface area contributed by atoms with Crippen LogP contribution in [0.5, 0.6) is 5.75 Å². The van der Waals surface area contributed by atoms with Gasteiger partial charge in [0, 0.05) is 0 Å². The van der Waals surface area contributed by atoms with Gasteiger partial charge >= 0.3 is 0 Å². The molecule has 0 aromatic heterocycles. The molecule has 0 saturated heterocycles. The number of benzene rings is 1. The van der Waals surface area contributed by atoms with Crippen LogP contribution in [0.2, 0.25) is 0 Å². The Hall–Kier alpha value is -1.31. The molecule has 0 spiro atoms. The molecule has 29 heavy (non-hydrogen) atoms. The van der Waals surface area contributed by atoms with E-state index in [4.69, 9.17) is 4.74 Å². The first-order valence-electron chi connectivity index (χ1n) is 12.3. The van der Waals surface area contributed by atoms with E-state index in [2.05, 4.69) is 31.2 Å². The molecule has 0 amide bonds. The van der Waals surface area contributed by atoms with Gasteiger partial charge in [0.1, 0.15) is 5.75 Å². The van der Waals surface area contributed by atoms with E-state index >= 15 is 0 Å². The normalized spacial score (nSPS) is 27.9. The van der Waals surface area contributed by atoms with Crippen LogP contribution in [-0.2, 0) is 0 Å². The molecule has 0 aliphatic heterocycles. The molecule has 2 saturated carbocycles. The average molecular weight is 401 g/mol. The van der Waals surface area contributed by atoms with Crippen LogP contribution in [0.1, 0.15) is 102 Å². The first-order chi connectivity index (χ1) is 14.3. The standard InChI is InChI=1S/C27H41FO/c1-2-21-29-27-18-16-26(17-19-27)25-14-12-24(13-15-25)11-10-23-8-6-22(7-9-23)5-3-4-20-28/h4,16-20,22-25H,2-3,5-15,21H2,1H3/b20-4+. The maximum absolute atomic E-state index is 12.1. The fraction of sp³-hybridized carbons (Fsp3) is 0.704. The largest absolute Gasteiger partial charge is 0.494 e. The van der Waals surface area contributed by atoms with Crippen molar-refractivity contribution in [3.05, 3.63) is 42.2 Å². The van der Waals surface area contributed by atoms with Gasteiger partial charge in [-0.1, -0.05) is 63.7 Å². The summed E-state index contributed by atoms with van der Waals surface area (Å²) < 4.78 is 17.8. The molecule has 1 nitrogen and oxygen atoms in total. The van der Waals surface area contributed by atoms with Gasteiger partial charge in [0.05, 0.1) is 12.9 Å². The van der Waals surface area contributed by atoms with Gasteiger partial charge in [-0.2, -0.15) is 0 Å². The number of hydrogen-bond donors (Lipinski definition) is 0. The Morgan fingerprint density at radius 2 is 1.38 bits per heavy atom. The summed E-state index contributed by atoms with van der Waals surface area (Å²) in [6.07, 6.45) is 19.5. The summed E-state index contributed by atoms with van der Waals surface area (Å²) in [7, 11) is 0. The van der Waals surface area contributed by atoms with Gasteiger partial charge in [0.25, 0.3) is 0 Å². The fourth-order valence-electron chi connectivity index (χ4n) is 5.52.